The van der Waals surface area contributed by atoms with Gasteiger partial charge in [-0.05, 0) is 24.3 Å². The molecule has 0 aliphatic carbocycles. The number of aromatic nitrogens is 1. The highest BCUT2D eigenvalue weighted by Gasteiger charge is 2.14. The average Bonchev–Trinajstić information content (AvgIpc) is 2.50. The first-order valence-corrected chi connectivity index (χ1v) is 6.24. The smallest absolute Gasteiger partial charge is 0.340 e. The summed E-state index contributed by atoms with van der Waals surface area (Å²) in [5.41, 5.74) is 7.22. The zero-order valence-corrected chi connectivity index (χ0v) is 11.8. The van der Waals surface area contributed by atoms with E-state index in [4.69, 9.17) is 22.6 Å². The number of nitrogens with zero attached hydrogens (tertiary/aromatic N) is 2. The Kier molecular flexibility index (Phi) is 4.26. The molecule has 0 spiro atoms. The standard InChI is InChI=1S/C14H11ClN4O2/c1-21-14(20)9-4-5-18-13(12(9)17)19-11-3-2-8(7-16)6-10(11)15/h2-6H,17H2,1H3,(H,18,19). The Labute approximate surface area is 126 Å². The van der Waals surface area contributed by atoms with Crippen molar-refractivity contribution in [1.82, 2.24) is 4.98 Å². The van der Waals surface area contributed by atoms with Crippen LogP contribution in [0, 0.1) is 11.3 Å². The molecule has 0 atom stereocenters. The van der Waals surface area contributed by atoms with Gasteiger partial charge < -0.3 is 15.8 Å². The van der Waals surface area contributed by atoms with Gasteiger partial charge in [0, 0.05) is 6.20 Å². The van der Waals surface area contributed by atoms with Crippen LogP contribution in [0.15, 0.2) is 30.5 Å². The molecule has 6 nitrogen and oxygen atoms in total. The molecule has 0 aliphatic rings. The third-order valence-corrected chi connectivity index (χ3v) is 3.06. The van der Waals surface area contributed by atoms with E-state index in [1.807, 2.05) is 6.07 Å². The van der Waals surface area contributed by atoms with E-state index in [9.17, 15) is 4.79 Å². The summed E-state index contributed by atoms with van der Waals surface area (Å²) >= 11 is 6.07. The molecule has 1 aromatic heterocycles. The number of carbonyl (C=O) groups excluding carboxylic acids is 1. The van der Waals surface area contributed by atoms with Gasteiger partial charge in [0.05, 0.1) is 40.7 Å². The Hall–Kier alpha value is -2.78. The number of nitrogens with two attached hydrogens (primary N) is 1. The number of nitrogen functional groups attached to an aromatic ring is 1. The first kappa shape index (κ1) is 14.6. The minimum atomic E-state index is -0.552. The van der Waals surface area contributed by atoms with E-state index in [2.05, 4.69) is 15.0 Å². The lowest BCUT2D eigenvalue weighted by Gasteiger charge is -2.12. The van der Waals surface area contributed by atoms with Gasteiger partial charge in [0.15, 0.2) is 5.82 Å². The fourth-order valence-electron chi connectivity index (χ4n) is 1.67. The normalized spacial score (nSPS) is 9.76. The van der Waals surface area contributed by atoms with Gasteiger partial charge in [-0.15, -0.1) is 0 Å². The Bertz CT molecular complexity index is 740. The van der Waals surface area contributed by atoms with Crippen molar-refractivity contribution in [2.75, 3.05) is 18.2 Å². The number of nitriles is 1. The van der Waals surface area contributed by atoms with E-state index in [1.54, 1.807) is 12.1 Å². The molecule has 0 radical (unpaired) electrons. The van der Waals surface area contributed by atoms with Crippen LogP contribution >= 0.6 is 11.6 Å². The van der Waals surface area contributed by atoms with Crippen LogP contribution in [-0.2, 0) is 4.74 Å². The molecule has 21 heavy (non-hydrogen) atoms. The molecule has 3 N–H and O–H groups in total. The van der Waals surface area contributed by atoms with Gasteiger partial charge in [-0.3, -0.25) is 0 Å². The molecule has 0 saturated heterocycles. The van der Waals surface area contributed by atoms with Crippen LogP contribution in [0.25, 0.3) is 0 Å². The Morgan fingerprint density at radius 1 is 1.48 bits per heavy atom. The highest BCUT2D eigenvalue weighted by molar-refractivity contribution is 6.33. The third kappa shape index (κ3) is 3.04. The lowest BCUT2D eigenvalue weighted by Crippen LogP contribution is -2.09. The van der Waals surface area contributed by atoms with Gasteiger partial charge in [0.1, 0.15) is 0 Å². The lowest BCUT2D eigenvalue weighted by molar-refractivity contribution is 0.0602. The van der Waals surface area contributed by atoms with Crippen LogP contribution in [0.5, 0.6) is 0 Å². The molecule has 2 aromatic rings. The van der Waals surface area contributed by atoms with Crippen LogP contribution in [0.4, 0.5) is 17.2 Å². The van der Waals surface area contributed by atoms with E-state index >= 15 is 0 Å². The first-order chi connectivity index (χ1) is 10.1. The summed E-state index contributed by atoms with van der Waals surface area (Å²) in [7, 11) is 1.27. The maximum absolute atomic E-state index is 11.6. The molecular weight excluding hydrogens is 292 g/mol. The zero-order chi connectivity index (χ0) is 15.4. The number of carbonyl (C=O) groups is 1. The Balaban J connectivity index is 2.37. The summed E-state index contributed by atoms with van der Waals surface area (Å²) in [6.45, 7) is 0. The molecule has 1 aromatic carbocycles. The average molecular weight is 303 g/mol. The lowest BCUT2D eigenvalue weighted by atomic mass is 10.2. The molecule has 2 rings (SSSR count). The molecule has 0 unspecified atom stereocenters. The molecule has 1 heterocycles. The highest BCUT2D eigenvalue weighted by Crippen LogP contribution is 2.29. The maximum atomic E-state index is 11.6. The number of nitrogens with one attached hydrogen (secondary N) is 1. The van der Waals surface area contributed by atoms with Crippen molar-refractivity contribution in [2.24, 2.45) is 0 Å². The number of esters is 1. The SMILES string of the molecule is COC(=O)c1ccnc(Nc2ccc(C#N)cc2Cl)c1N. The molecule has 0 saturated carbocycles. The molecular formula is C14H11ClN4O2. The van der Waals surface area contributed by atoms with Gasteiger partial charge in [-0.2, -0.15) is 5.26 Å². The predicted molar refractivity (Wildman–Crippen MR) is 79.4 cm³/mol. The van der Waals surface area contributed by atoms with Crippen molar-refractivity contribution in [1.29, 1.82) is 5.26 Å². The fraction of sp³-hybridized carbons (Fsp3) is 0.0714. The molecule has 0 amide bonds. The second-order valence-corrected chi connectivity index (χ2v) is 4.45. The largest absolute Gasteiger partial charge is 0.465 e. The second kappa shape index (κ2) is 6.11. The van der Waals surface area contributed by atoms with E-state index < -0.39 is 5.97 Å². The van der Waals surface area contributed by atoms with Crippen LogP contribution in [0.1, 0.15) is 15.9 Å². The van der Waals surface area contributed by atoms with Crippen molar-refractivity contribution in [3.8, 4) is 6.07 Å². The van der Waals surface area contributed by atoms with Crippen LogP contribution in [-0.4, -0.2) is 18.1 Å². The number of methoxy groups -OCH3 is 1. The summed E-state index contributed by atoms with van der Waals surface area (Å²) in [6.07, 6.45) is 1.43. The van der Waals surface area contributed by atoms with Gasteiger partial charge in [0.2, 0.25) is 0 Å². The number of pyridine rings is 1. The number of halogens is 1. The van der Waals surface area contributed by atoms with Crippen molar-refractivity contribution in [2.45, 2.75) is 0 Å². The zero-order valence-electron chi connectivity index (χ0n) is 11.1. The topological polar surface area (TPSA) is 101 Å². The van der Waals surface area contributed by atoms with Crippen LogP contribution in [0.3, 0.4) is 0 Å². The van der Waals surface area contributed by atoms with E-state index in [-0.39, 0.29) is 17.1 Å². The van der Waals surface area contributed by atoms with Crippen molar-refractivity contribution >= 4 is 34.8 Å². The molecule has 0 fully saturated rings. The minimum Gasteiger partial charge on any atom is -0.465 e. The van der Waals surface area contributed by atoms with Crippen molar-refractivity contribution in [3.63, 3.8) is 0 Å². The molecule has 0 bridgehead atoms. The highest BCUT2D eigenvalue weighted by atomic mass is 35.5. The number of hydrogen-bond acceptors (Lipinski definition) is 6. The van der Waals surface area contributed by atoms with Crippen molar-refractivity contribution < 1.29 is 9.53 Å². The van der Waals surface area contributed by atoms with Gasteiger partial charge in [-0.25, -0.2) is 9.78 Å². The number of hydrogen-bond donors (Lipinski definition) is 2. The Morgan fingerprint density at radius 3 is 2.86 bits per heavy atom. The number of benzene rings is 1. The van der Waals surface area contributed by atoms with E-state index in [0.717, 1.165) is 0 Å². The number of ether oxygens (including phenoxy) is 1. The number of anilines is 3. The van der Waals surface area contributed by atoms with Crippen LogP contribution in [0.2, 0.25) is 5.02 Å². The molecule has 0 aliphatic heterocycles. The summed E-state index contributed by atoms with van der Waals surface area (Å²) in [5.74, 6) is -0.270. The monoisotopic (exact) mass is 302 g/mol. The van der Waals surface area contributed by atoms with E-state index in [0.29, 0.717) is 16.3 Å². The quantitative estimate of drug-likeness (QED) is 0.845. The minimum absolute atomic E-state index is 0.157. The third-order valence-electron chi connectivity index (χ3n) is 2.75. The summed E-state index contributed by atoms with van der Waals surface area (Å²) in [6, 6.07) is 8.21. The summed E-state index contributed by atoms with van der Waals surface area (Å²) in [5, 5.41) is 12.1. The van der Waals surface area contributed by atoms with Gasteiger partial charge >= 0.3 is 5.97 Å². The Morgan fingerprint density at radius 2 is 2.24 bits per heavy atom. The van der Waals surface area contributed by atoms with E-state index in [1.165, 1.54) is 25.4 Å². The van der Waals surface area contributed by atoms with Crippen molar-refractivity contribution in [3.05, 3.63) is 46.6 Å². The van der Waals surface area contributed by atoms with Gasteiger partial charge in [0.25, 0.3) is 0 Å². The summed E-state index contributed by atoms with van der Waals surface area (Å²) in [4.78, 5) is 15.6. The number of rotatable bonds is 3. The fourth-order valence-corrected chi connectivity index (χ4v) is 1.90. The maximum Gasteiger partial charge on any atom is 0.340 e. The summed E-state index contributed by atoms with van der Waals surface area (Å²) < 4.78 is 4.64. The second-order valence-electron chi connectivity index (χ2n) is 4.04. The molecule has 7 heteroatoms. The molecule has 106 valence electrons. The van der Waals surface area contributed by atoms with Crippen LogP contribution < -0.4 is 11.1 Å². The van der Waals surface area contributed by atoms with Gasteiger partial charge in [-0.1, -0.05) is 11.6 Å². The predicted octanol–water partition coefficient (Wildman–Crippen LogP) is 2.72. The first-order valence-electron chi connectivity index (χ1n) is 5.86.